The summed E-state index contributed by atoms with van der Waals surface area (Å²) in [4.78, 5) is 32.6. The third kappa shape index (κ3) is 4.79. The number of allylic oxidation sites excluding steroid dienone is 1. The molecule has 0 saturated carbocycles. The van der Waals surface area contributed by atoms with Crippen molar-refractivity contribution in [1.82, 2.24) is 0 Å². The molecule has 90 valence electrons. The molecule has 0 aromatic heterocycles. The van der Waals surface area contributed by atoms with E-state index in [0.29, 0.717) is 6.08 Å². The van der Waals surface area contributed by atoms with Crippen molar-refractivity contribution in [1.29, 1.82) is 0 Å². The zero-order valence-corrected chi connectivity index (χ0v) is 9.48. The lowest BCUT2D eigenvalue weighted by Crippen LogP contribution is -2.19. The average molecular weight is 251 g/mol. The molecule has 0 aliphatic carbocycles. The quantitative estimate of drug-likeness (QED) is 0.249. The lowest BCUT2D eigenvalue weighted by Gasteiger charge is -2.05. The Morgan fingerprint density at radius 2 is 1.88 bits per heavy atom. The SMILES string of the molecule is COC(=O)CC(=O)/C=C(\O)C(Cl)C(=O)OC. The van der Waals surface area contributed by atoms with Gasteiger partial charge < -0.3 is 14.6 Å². The molecule has 1 N–H and O–H groups in total. The van der Waals surface area contributed by atoms with Crippen LogP contribution in [0.1, 0.15) is 6.42 Å². The van der Waals surface area contributed by atoms with E-state index in [4.69, 9.17) is 11.6 Å². The standard InChI is InChI=1S/C9H11ClO6/c1-15-7(13)4-5(11)3-6(12)8(10)9(14)16-2/h3,8,12H,4H2,1-2H3/b6-3-. The summed E-state index contributed by atoms with van der Waals surface area (Å²) in [5.41, 5.74) is 0. The van der Waals surface area contributed by atoms with E-state index in [1.165, 1.54) is 0 Å². The monoisotopic (exact) mass is 250 g/mol. The first-order chi connectivity index (χ1) is 7.42. The molecule has 0 aliphatic rings. The number of hydrogen-bond acceptors (Lipinski definition) is 6. The normalized spacial score (nSPS) is 12.8. The first-order valence-corrected chi connectivity index (χ1v) is 4.58. The van der Waals surface area contributed by atoms with Gasteiger partial charge in [-0.2, -0.15) is 0 Å². The van der Waals surface area contributed by atoms with Crippen LogP contribution in [0.25, 0.3) is 0 Å². The van der Waals surface area contributed by atoms with E-state index in [9.17, 15) is 19.5 Å². The second-order valence-corrected chi connectivity index (χ2v) is 3.11. The lowest BCUT2D eigenvalue weighted by molar-refractivity contribution is -0.142. The van der Waals surface area contributed by atoms with Crippen molar-refractivity contribution in [3.8, 4) is 0 Å². The fourth-order valence-electron chi connectivity index (χ4n) is 0.728. The molecule has 0 spiro atoms. The van der Waals surface area contributed by atoms with E-state index < -0.39 is 35.3 Å². The summed E-state index contributed by atoms with van der Waals surface area (Å²) in [6, 6.07) is 0. The summed E-state index contributed by atoms with van der Waals surface area (Å²) < 4.78 is 8.48. The van der Waals surface area contributed by atoms with Gasteiger partial charge in [-0.25, -0.2) is 4.79 Å². The number of rotatable bonds is 5. The molecule has 6 nitrogen and oxygen atoms in total. The number of alkyl halides is 1. The maximum atomic E-state index is 11.1. The number of carbonyl (C=O) groups excluding carboxylic acids is 3. The molecule has 0 aromatic carbocycles. The molecule has 0 aromatic rings. The van der Waals surface area contributed by atoms with Crippen molar-refractivity contribution in [2.45, 2.75) is 11.8 Å². The van der Waals surface area contributed by atoms with Crippen molar-refractivity contribution >= 4 is 29.3 Å². The number of ketones is 1. The maximum Gasteiger partial charge on any atom is 0.331 e. The predicted molar refractivity (Wildman–Crippen MR) is 54.0 cm³/mol. The fourth-order valence-corrected chi connectivity index (χ4v) is 0.880. The van der Waals surface area contributed by atoms with Gasteiger partial charge in [-0.15, -0.1) is 11.6 Å². The highest BCUT2D eigenvalue weighted by atomic mass is 35.5. The number of hydrogen-bond donors (Lipinski definition) is 1. The molecular formula is C9H11ClO6. The van der Waals surface area contributed by atoms with Crippen LogP contribution in [0.3, 0.4) is 0 Å². The van der Waals surface area contributed by atoms with E-state index in [0.717, 1.165) is 14.2 Å². The van der Waals surface area contributed by atoms with Crippen LogP contribution in [0, 0.1) is 0 Å². The summed E-state index contributed by atoms with van der Waals surface area (Å²) in [6.07, 6.45) is 0.150. The number of ether oxygens (including phenoxy) is 2. The highest BCUT2D eigenvalue weighted by Gasteiger charge is 2.21. The zero-order chi connectivity index (χ0) is 12.7. The topological polar surface area (TPSA) is 89.9 Å². The third-order valence-corrected chi connectivity index (χ3v) is 1.92. The minimum Gasteiger partial charge on any atom is -0.510 e. The van der Waals surface area contributed by atoms with Gasteiger partial charge in [0.1, 0.15) is 12.2 Å². The molecule has 0 rings (SSSR count). The minimum absolute atomic E-state index is 0.536. The molecule has 16 heavy (non-hydrogen) atoms. The molecule has 0 aliphatic heterocycles. The Morgan fingerprint density at radius 1 is 1.31 bits per heavy atom. The smallest absolute Gasteiger partial charge is 0.331 e. The Kier molecular flexibility index (Phi) is 6.17. The second kappa shape index (κ2) is 6.84. The van der Waals surface area contributed by atoms with Gasteiger partial charge in [0.05, 0.1) is 14.2 Å². The van der Waals surface area contributed by atoms with Crippen molar-refractivity contribution in [3.05, 3.63) is 11.8 Å². The fraction of sp³-hybridized carbons (Fsp3) is 0.444. The first kappa shape index (κ1) is 14.4. The Hall–Kier alpha value is -1.56. The van der Waals surface area contributed by atoms with E-state index in [1.54, 1.807) is 0 Å². The van der Waals surface area contributed by atoms with Crippen LogP contribution in [0.4, 0.5) is 0 Å². The second-order valence-electron chi connectivity index (χ2n) is 2.67. The van der Waals surface area contributed by atoms with Gasteiger partial charge in [-0.05, 0) is 0 Å². The zero-order valence-electron chi connectivity index (χ0n) is 8.73. The predicted octanol–water partition coefficient (Wildman–Crippen LogP) is 0.341. The van der Waals surface area contributed by atoms with Gasteiger partial charge in [0.15, 0.2) is 11.2 Å². The number of aliphatic hydroxyl groups is 1. The number of carbonyl (C=O) groups is 3. The molecule has 0 radical (unpaired) electrons. The van der Waals surface area contributed by atoms with Crippen LogP contribution >= 0.6 is 11.6 Å². The van der Waals surface area contributed by atoms with E-state index in [2.05, 4.69) is 9.47 Å². The van der Waals surface area contributed by atoms with Crippen molar-refractivity contribution < 1.29 is 29.0 Å². The Labute approximate surface area is 96.8 Å². The summed E-state index contributed by atoms with van der Waals surface area (Å²) in [7, 11) is 2.21. The number of halogens is 1. The average Bonchev–Trinajstić information content (AvgIpc) is 2.26. The maximum absolute atomic E-state index is 11.1. The summed E-state index contributed by atoms with van der Waals surface area (Å²) in [5.74, 6) is -3.05. The summed E-state index contributed by atoms with van der Waals surface area (Å²) in [6.45, 7) is 0. The Morgan fingerprint density at radius 3 is 2.31 bits per heavy atom. The Bertz CT molecular complexity index is 322. The van der Waals surface area contributed by atoms with Gasteiger partial charge in [0.25, 0.3) is 0 Å². The van der Waals surface area contributed by atoms with Crippen LogP contribution in [0.15, 0.2) is 11.8 Å². The Balaban J connectivity index is 4.47. The largest absolute Gasteiger partial charge is 0.510 e. The molecule has 0 fully saturated rings. The first-order valence-electron chi connectivity index (χ1n) is 4.14. The molecule has 7 heteroatoms. The van der Waals surface area contributed by atoms with Gasteiger partial charge in [0.2, 0.25) is 0 Å². The minimum atomic E-state index is -1.47. The van der Waals surface area contributed by atoms with Crippen LogP contribution in [-0.2, 0) is 23.9 Å². The van der Waals surface area contributed by atoms with Crippen molar-refractivity contribution in [2.75, 3.05) is 14.2 Å². The van der Waals surface area contributed by atoms with E-state index >= 15 is 0 Å². The van der Waals surface area contributed by atoms with Crippen molar-refractivity contribution in [2.24, 2.45) is 0 Å². The molecule has 1 atom stereocenters. The number of esters is 2. The third-order valence-electron chi connectivity index (χ3n) is 1.52. The van der Waals surface area contributed by atoms with Crippen molar-refractivity contribution in [3.63, 3.8) is 0 Å². The number of methoxy groups -OCH3 is 2. The molecule has 1 unspecified atom stereocenters. The van der Waals surface area contributed by atoms with E-state index in [1.807, 2.05) is 0 Å². The molecule has 0 bridgehead atoms. The lowest BCUT2D eigenvalue weighted by atomic mass is 10.2. The molecule has 0 amide bonds. The summed E-state index contributed by atoms with van der Waals surface area (Å²) in [5, 5.41) is 7.76. The van der Waals surface area contributed by atoms with Gasteiger partial charge >= 0.3 is 11.9 Å². The molecule has 0 heterocycles. The highest BCUT2D eigenvalue weighted by molar-refractivity contribution is 6.32. The van der Waals surface area contributed by atoms with E-state index in [-0.39, 0.29) is 0 Å². The van der Waals surface area contributed by atoms with Crippen LogP contribution in [0.5, 0.6) is 0 Å². The van der Waals surface area contributed by atoms with Gasteiger partial charge in [-0.3, -0.25) is 9.59 Å². The summed E-state index contributed by atoms with van der Waals surface area (Å²) >= 11 is 5.44. The van der Waals surface area contributed by atoms with Crippen LogP contribution < -0.4 is 0 Å². The van der Waals surface area contributed by atoms with Gasteiger partial charge in [0, 0.05) is 6.08 Å². The molecular weight excluding hydrogens is 240 g/mol. The number of aliphatic hydroxyl groups excluding tert-OH is 1. The highest BCUT2D eigenvalue weighted by Crippen LogP contribution is 2.09. The van der Waals surface area contributed by atoms with Gasteiger partial charge in [-0.1, -0.05) is 0 Å². The molecule has 0 saturated heterocycles. The van der Waals surface area contributed by atoms with Crippen LogP contribution in [-0.4, -0.2) is 42.4 Å². The van der Waals surface area contributed by atoms with Crippen LogP contribution in [0.2, 0.25) is 0 Å².